The number of hydrogen-bond acceptors (Lipinski definition) is 4. The number of benzene rings is 2. The van der Waals surface area contributed by atoms with E-state index in [9.17, 15) is 13.2 Å². The van der Waals surface area contributed by atoms with Gasteiger partial charge in [0.2, 0.25) is 15.9 Å². The maximum Gasteiger partial charge on any atom is 0.244 e. The summed E-state index contributed by atoms with van der Waals surface area (Å²) >= 11 is 0. The van der Waals surface area contributed by atoms with Crippen LogP contribution >= 0.6 is 0 Å². The first-order chi connectivity index (χ1) is 14.7. The van der Waals surface area contributed by atoms with Crippen LogP contribution in [0.25, 0.3) is 0 Å². The summed E-state index contributed by atoms with van der Waals surface area (Å²) in [7, 11) is -3.58. The fraction of sp³-hybridized carbons (Fsp3) is 0.458. The van der Waals surface area contributed by atoms with Crippen molar-refractivity contribution >= 4 is 21.6 Å². The highest BCUT2D eigenvalue weighted by Gasteiger charge is 2.44. The number of piperidine rings is 1. The molecule has 1 spiro atoms. The Morgan fingerprint density at radius 3 is 2.32 bits per heavy atom. The molecule has 2 aliphatic heterocycles. The van der Waals surface area contributed by atoms with E-state index in [1.807, 2.05) is 17.9 Å². The van der Waals surface area contributed by atoms with Gasteiger partial charge in [0, 0.05) is 25.9 Å². The molecule has 1 atom stereocenters. The Bertz CT molecular complexity index is 1060. The highest BCUT2D eigenvalue weighted by molar-refractivity contribution is 7.89. The van der Waals surface area contributed by atoms with Gasteiger partial charge in [-0.05, 0) is 42.5 Å². The monoisotopic (exact) mass is 441 g/mol. The molecule has 0 aromatic heterocycles. The predicted molar refractivity (Wildman–Crippen MR) is 122 cm³/mol. The van der Waals surface area contributed by atoms with E-state index in [4.69, 9.17) is 0 Å². The smallest absolute Gasteiger partial charge is 0.244 e. The van der Waals surface area contributed by atoms with E-state index in [0.29, 0.717) is 37.5 Å². The summed E-state index contributed by atoms with van der Waals surface area (Å²) in [5.41, 5.74) is 2.18. The van der Waals surface area contributed by atoms with Crippen molar-refractivity contribution in [2.24, 2.45) is 5.92 Å². The van der Waals surface area contributed by atoms with E-state index >= 15 is 0 Å². The average Bonchev–Trinajstić information content (AvgIpc) is 2.73. The predicted octanol–water partition coefficient (Wildman–Crippen LogP) is 3.71. The Kier molecular flexibility index (Phi) is 5.83. The van der Waals surface area contributed by atoms with Crippen LogP contribution in [-0.4, -0.2) is 38.0 Å². The van der Waals surface area contributed by atoms with Gasteiger partial charge in [-0.1, -0.05) is 50.2 Å². The van der Waals surface area contributed by atoms with Gasteiger partial charge >= 0.3 is 0 Å². The van der Waals surface area contributed by atoms with Crippen molar-refractivity contribution in [2.75, 3.05) is 18.4 Å². The largest absolute Gasteiger partial charge is 0.365 e. The minimum absolute atomic E-state index is 0.0885. The summed E-state index contributed by atoms with van der Waals surface area (Å²) in [5.74, 6) is 0.466. The molecule has 1 fully saturated rings. The number of fused-ring (bicyclic) bond motifs is 1. The van der Waals surface area contributed by atoms with Crippen LogP contribution in [0.2, 0.25) is 0 Å². The molecule has 1 saturated heterocycles. The molecule has 31 heavy (non-hydrogen) atoms. The molecule has 2 aromatic rings. The van der Waals surface area contributed by atoms with E-state index in [0.717, 1.165) is 12.0 Å². The zero-order chi connectivity index (χ0) is 22.2. The Balaban J connectivity index is 1.42. The van der Waals surface area contributed by atoms with E-state index in [1.165, 1.54) is 5.56 Å². The van der Waals surface area contributed by atoms with Gasteiger partial charge in [-0.15, -0.1) is 0 Å². The normalized spacial score (nSPS) is 20.2. The third kappa shape index (κ3) is 4.48. The summed E-state index contributed by atoms with van der Waals surface area (Å²) in [5, 5.41) is 3.38. The van der Waals surface area contributed by atoms with Gasteiger partial charge < -0.3 is 10.2 Å². The van der Waals surface area contributed by atoms with Crippen LogP contribution in [0.4, 0.5) is 5.69 Å². The number of nitrogens with zero attached hydrogens (tertiary/aromatic N) is 1. The molecule has 2 heterocycles. The fourth-order valence-corrected chi connectivity index (χ4v) is 6.11. The number of carbonyl (C=O) groups is 1. The topological polar surface area (TPSA) is 78.5 Å². The third-order valence-electron chi connectivity index (χ3n) is 6.30. The van der Waals surface area contributed by atoms with Crippen LogP contribution in [0.5, 0.6) is 0 Å². The van der Waals surface area contributed by atoms with Crippen molar-refractivity contribution in [1.29, 1.82) is 0 Å². The molecule has 7 heteroatoms. The molecular weight excluding hydrogens is 410 g/mol. The van der Waals surface area contributed by atoms with Crippen molar-refractivity contribution in [2.45, 2.75) is 56.5 Å². The zero-order valence-corrected chi connectivity index (χ0v) is 19.2. The Hall–Kier alpha value is -2.38. The van der Waals surface area contributed by atoms with Crippen molar-refractivity contribution in [1.82, 2.24) is 9.62 Å². The molecule has 4 rings (SSSR count). The van der Waals surface area contributed by atoms with E-state index < -0.39 is 15.7 Å². The molecule has 0 bridgehead atoms. The lowest BCUT2D eigenvalue weighted by Gasteiger charge is -2.46. The molecule has 0 radical (unpaired) electrons. The number of carbonyl (C=O) groups excluding carboxylic acids is 1. The number of rotatable bonds is 4. The van der Waals surface area contributed by atoms with Crippen LogP contribution < -0.4 is 10.0 Å². The van der Waals surface area contributed by atoms with Crippen molar-refractivity contribution in [3.63, 3.8) is 0 Å². The number of likely N-dealkylation sites (tertiary alicyclic amines) is 1. The molecule has 0 aliphatic carbocycles. The Labute approximate surface area is 185 Å². The molecule has 6 nitrogen and oxygen atoms in total. The van der Waals surface area contributed by atoms with Gasteiger partial charge in [0.1, 0.15) is 10.6 Å². The second kappa shape index (κ2) is 8.28. The number of nitrogens with one attached hydrogen (secondary N) is 2. The van der Waals surface area contributed by atoms with Crippen molar-refractivity contribution in [3.05, 3.63) is 59.7 Å². The molecule has 1 unspecified atom stereocenters. The second-order valence-electron chi connectivity index (χ2n) is 9.20. The van der Waals surface area contributed by atoms with Crippen molar-refractivity contribution in [3.8, 4) is 0 Å². The number of anilines is 1. The molecule has 2 aliphatic rings. The molecule has 1 amide bonds. The molecule has 2 N–H and O–H groups in total. The van der Waals surface area contributed by atoms with E-state index in [1.54, 1.807) is 18.2 Å². The first kappa shape index (κ1) is 21.8. The van der Waals surface area contributed by atoms with Gasteiger partial charge in [-0.25, -0.2) is 8.42 Å². The maximum absolute atomic E-state index is 13.1. The molecular formula is C24H31N3O3S. The minimum atomic E-state index is -3.58. The Morgan fingerprint density at radius 2 is 1.68 bits per heavy atom. The summed E-state index contributed by atoms with van der Waals surface area (Å²) in [4.78, 5) is 15.3. The van der Waals surface area contributed by atoms with Crippen molar-refractivity contribution < 1.29 is 13.2 Å². The fourth-order valence-electron chi connectivity index (χ4n) is 4.57. The lowest BCUT2D eigenvalue weighted by molar-refractivity contribution is -0.133. The first-order valence-electron chi connectivity index (χ1n) is 11.0. The number of para-hydroxylation sites is 1. The standard InChI is InChI=1S/C24H31N3O3S/c1-17(2)16-19-8-10-20(11-9-19)18(3)23(28)27-14-12-24(13-15-27)25-21-6-4-5-7-22(21)31(29,30)26-24/h4-11,17-18,25-26H,12-16H2,1-3H3. The summed E-state index contributed by atoms with van der Waals surface area (Å²) < 4.78 is 28.3. The van der Waals surface area contributed by atoms with E-state index in [-0.39, 0.29) is 16.7 Å². The van der Waals surface area contributed by atoms with Crippen LogP contribution in [0.3, 0.4) is 0 Å². The van der Waals surface area contributed by atoms with Gasteiger partial charge in [0.05, 0.1) is 11.6 Å². The van der Waals surface area contributed by atoms with Gasteiger partial charge in [0.25, 0.3) is 0 Å². The van der Waals surface area contributed by atoms with Gasteiger partial charge in [-0.2, -0.15) is 4.72 Å². The SMILES string of the molecule is CC(C)Cc1ccc(C(C)C(=O)N2CCC3(CC2)Nc2ccccc2S(=O)(=O)N3)cc1. The highest BCUT2D eigenvalue weighted by atomic mass is 32.2. The quantitative estimate of drug-likeness (QED) is 0.758. The van der Waals surface area contributed by atoms with Crippen LogP contribution in [0, 0.1) is 5.92 Å². The molecule has 2 aromatic carbocycles. The van der Waals surface area contributed by atoms with Crippen LogP contribution in [0.15, 0.2) is 53.4 Å². The first-order valence-corrected chi connectivity index (χ1v) is 12.5. The Morgan fingerprint density at radius 1 is 1.03 bits per heavy atom. The summed E-state index contributed by atoms with van der Waals surface area (Å²) in [6.45, 7) is 7.35. The second-order valence-corrected chi connectivity index (χ2v) is 10.8. The highest BCUT2D eigenvalue weighted by Crippen LogP contribution is 2.35. The van der Waals surface area contributed by atoms with Gasteiger partial charge in [-0.3, -0.25) is 4.79 Å². The summed E-state index contributed by atoms with van der Waals surface area (Å²) in [6, 6.07) is 15.3. The van der Waals surface area contributed by atoms with Crippen LogP contribution in [0.1, 0.15) is 50.7 Å². The number of hydrogen-bond donors (Lipinski definition) is 2. The molecule has 166 valence electrons. The van der Waals surface area contributed by atoms with Gasteiger partial charge in [0.15, 0.2) is 0 Å². The maximum atomic E-state index is 13.1. The zero-order valence-electron chi connectivity index (χ0n) is 18.4. The van der Waals surface area contributed by atoms with Crippen LogP contribution in [-0.2, 0) is 21.2 Å². The molecule has 0 saturated carbocycles. The lowest BCUT2D eigenvalue weighted by atomic mass is 9.93. The lowest BCUT2D eigenvalue weighted by Crippen LogP contribution is -2.62. The summed E-state index contributed by atoms with van der Waals surface area (Å²) in [6.07, 6.45) is 2.07. The number of amides is 1. The number of sulfonamides is 1. The minimum Gasteiger partial charge on any atom is -0.365 e. The average molecular weight is 442 g/mol. The third-order valence-corrected chi connectivity index (χ3v) is 7.90. The van der Waals surface area contributed by atoms with E-state index in [2.05, 4.69) is 48.2 Å².